The van der Waals surface area contributed by atoms with E-state index in [-0.39, 0.29) is 5.82 Å². The Balaban J connectivity index is 2.32. The molecular weight excluding hydrogens is 253 g/mol. The van der Waals surface area contributed by atoms with Crippen molar-refractivity contribution in [3.63, 3.8) is 0 Å². The van der Waals surface area contributed by atoms with Crippen LogP contribution in [-0.4, -0.2) is 23.6 Å². The summed E-state index contributed by atoms with van der Waals surface area (Å²) < 4.78 is 13.2. The minimum atomic E-state index is -0.221. The second-order valence-electron chi connectivity index (χ2n) is 4.16. The molecule has 0 unspecified atom stereocenters. The molecule has 1 aromatic carbocycles. The maximum atomic E-state index is 13.2. The van der Waals surface area contributed by atoms with E-state index >= 15 is 0 Å². The molecule has 0 amide bonds. The number of nitrogens with one attached hydrogen (secondary N) is 2. The average molecular weight is 268 g/mol. The third-order valence-electron chi connectivity index (χ3n) is 2.75. The Morgan fingerprint density at radius 2 is 2.22 bits per heavy atom. The van der Waals surface area contributed by atoms with Crippen molar-refractivity contribution in [2.45, 2.75) is 13.3 Å². The SMILES string of the molecule is CNCCc1nc(-c2ccc(F)c(C)c2)c(Cl)[nH]1. The van der Waals surface area contributed by atoms with Crippen molar-refractivity contribution in [2.75, 3.05) is 13.6 Å². The van der Waals surface area contributed by atoms with Gasteiger partial charge in [-0.25, -0.2) is 9.37 Å². The molecule has 5 heteroatoms. The summed E-state index contributed by atoms with van der Waals surface area (Å²) in [6.45, 7) is 2.55. The summed E-state index contributed by atoms with van der Waals surface area (Å²) in [7, 11) is 1.88. The van der Waals surface area contributed by atoms with Gasteiger partial charge < -0.3 is 10.3 Å². The number of benzene rings is 1. The Bertz CT molecular complexity index is 551. The number of rotatable bonds is 4. The molecule has 0 spiro atoms. The molecule has 0 aliphatic carbocycles. The van der Waals surface area contributed by atoms with E-state index in [1.165, 1.54) is 6.07 Å². The predicted molar refractivity (Wildman–Crippen MR) is 71.4 cm³/mol. The van der Waals surface area contributed by atoms with Gasteiger partial charge in [-0.15, -0.1) is 0 Å². The van der Waals surface area contributed by atoms with E-state index in [4.69, 9.17) is 11.6 Å². The summed E-state index contributed by atoms with van der Waals surface area (Å²) in [6, 6.07) is 4.87. The van der Waals surface area contributed by atoms with Crippen LogP contribution in [0.1, 0.15) is 11.4 Å². The Hall–Kier alpha value is -1.39. The molecule has 3 nitrogen and oxygen atoms in total. The average Bonchev–Trinajstić information content (AvgIpc) is 2.71. The molecule has 1 heterocycles. The van der Waals surface area contributed by atoms with Crippen LogP contribution in [0.2, 0.25) is 5.15 Å². The number of hydrogen-bond donors (Lipinski definition) is 2. The summed E-state index contributed by atoms with van der Waals surface area (Å²) in [5, 5.41) is 3.54. The fourth-order valence-corrected chi connectivity index (χ4v) is 2.00. The first kappa shape index (κ1) is 13.1. The van der Waals surface area contributed by atoms with E-state index in [2.05, 4.69) is 15.3 Å². The molecule has 0 aliphatic rings. The molecule has 1 aromatic heterocycles. The largest absolute Gasteiger partial charge is 0.332 e. The monoisotopic (exact) mass is 267 g/mol. The zero-order valence-corrected chi connectivity index (χ0v) is 11.1. The Morgan fingerprint density at radius 1 is 1.44 bits per heavy atom. The van der Waals surface area contributed by atoms with Gasteiger partial charge in [-0.3, -0.25) is 0 Å². The number of nitrogens with zero attached hydrogens (tertiary/aromatic N) is 1. The highest BCUT2D eigenvalue weighted by Crippen LogP contribution is 2.27. The molecule has 0 saturated carbocycles. The maximum Gasteiger partial charge on any atom is 0.134 e. The van der Waals surface area contributed by atoms with Crippen molar-refractivity contribution < 1.29 is 4.39 Å². The van der Waals surface area contributed by atoms with Crippen molar-refractivity contribution in [1.82, 2.24) is 15.3 Å². The lowest BCUT2D eigenvalue weighted by molar-refractivity contribution is 0.619. The van der Waals surface area contributed by atoms with Crippen molar-refractivity contribution >= 4 is 11.6 Å². The van der Waals surface area contributed by atoms with Crippen molar-refractivity contribution in [2.24, 2.45) is 0 Å². The number of hydrogen-bond acceptors (Lipinski definition) is 2. The van der Waals surface area contributed by atoms with Gasteiger partial charge in [-0.1, -0.05) is 11.6 Å². The lowest BCUT2D eigenvalue weighted by Crippen LogP contribution is -2.11. The van der Waals surface area contributed by atoms with Crippen LogP contribution in [0.15, 0.2) is 18.2 Å². The summed E-state index contributed by atoms with van der Waals surface area (Å²) >= 11 is 6.12. The van der Waals surface area contributed by atoms with Gasteiger partial charge in [0.15, 0.2) is 0 Å². The van der Waals surface area contributed by atoms with Crippen LogP contribution in [-0.2, 0) is 6.42 Å². The quantitative estimate of drug-likeness (QED) is 0.894. The van der Waals surface area contributed by atoms with Gasteiger partial charge in [0.1, 0.15) is 22.5 Å². The molecule has 18 heavy (non-hydrogen) atoms. The highest BCUT2D eigenvalue weighted by Gasteiger charge is 2.11. The molecule has 0 fully saturated rings. The van der Waals surface area contributed by atoms with Crippen molar-refractivity contribution in [3.05, 3.63) is 40.6 Å². The fourth-order valence-electron chi connectivity index (χ4n) is 1.74. The van der Waals surface area contributed by atoms with Crippen LogP contribution in [0.4, 0.5) is 4.39 Å². The van der Waals surface area contributed by atoms with Crippen LogP contribution in [0.3, 0.4) is 0 Å². The van der Waals surface area contributed by atoms with E-state index in [1.807, 2.05) is 7.05 Å². The van der Waals surface area contributed by atoms with E-state index in [0.29, 0.717) is 16.4 Å². The highest BCUT2D eigenvalue weighted by molar-refractivity contribution is 6.31. The first-order chi connectivity index (χ1) is 8.61. The minimum absolute atomic E-state index is 0.221. The van der Waals surface area contributed by atoms with Crippen LogP contribution in [0.5, 0.6) is 0 Å². The Labute approximate surface area is 110 Å². The third-order valence-corrected chi connectivity index (χ3v) is 3.03. The summed E-state index contributed by atoms with van der Waals surface area (Å²) in [6.07, 6.45) is 0.774. The van der Waals surface area contributed by atoms with E-state index < -0.39 is 0 Å². The molecule has 0 radical (unpaired) electrons. The van der Waals surface area contributed by atoms with Gasteiger partial charge in [0.25, 0.3) is 0 Å². The highest BCUT2D eigenvalue weighted by atomic mass is 35.5. The molecule has 0 bridgehead atoms. The van der Waals surface area contributed by atoms with Crippen LogP contribution in [0, 0.1) is 12.7 Å². The predicted octanol–water partition coefficient (Wildman–Crippen LogP) is 2.94. The van der Waals surface area contributed by atoms with Gasteiger partial charge in [-0.05, 0) is 37.7 Å². The molecule has 2 N–H and O–H groups in total. The van der Waals surface area contributed by atoms with Gasteiger partial charge in [0.2, 0.25) is 0 Å². The van der Waals surface area contributed by atoms with Gasteiger partial charge in [0.05, 0.1) is 0 Å². The van der Waals surface area contributed by atoms with Crippen molar-refractivity contribution in [1.29, 1.82) is 0 Å². The second-order valence-corrected chi connectivity index (χ2v) is 4.54. The standard InChI is InChI=1S/C13H15ClFN3/c1-8-7-9(3-4-10(8)15)12-13(14)18-11(17-12)5-6-16-2/h3-4,7,16H,5-6H2,1-2H3,(H,17,18). The number of H-pyrrole nitrogens is 1. The zero-order chi connectivity index (χ0) is 13.1. The van der Waals surface area contributed by atoms with E-state index in [9.17, 15) is 4.39 Å². The third kappa shape index (κ3) is 2.71. The number of likely N-dealkylation sites (N-methyl/N-ethyl adjacent to an activating group) is 1. The van der Waals surface area contributed by atoms with Crippen LogP contribution < -0.4 is 5.32 Å². The van der Waals surface area contributed by atoms with Crippen molar-refractivity contribution in [3.8, 4) is 11.3 Å². The first-order valence-electron chi connectivity index (χ1n) is 5.77. The number of halogens is 2. The lowest BCUT2D eigenvalue weighted by Gasteiger charge is -2.00. The first-order valence-corrected chi connectivity index (χ1v) is 6.15. The molecule has 0 atom stereocenters. The molecule has 96 valence electrons. The fraction of sp³-hybridized carbons (Fsp3) is 0.308. The zero-order valence-electron chi connectivity index (χ0n) is 10.3. The summed E-state index contributed by atoms with van der Waals surface area (Å²) in [5.74, 6) is 0.604. The van der Waals surface area contributed by atoms with E-state index in [0.717, 1.165) is 24.4 Å². The van der Waals surface area contributed by atoms with Crippen LogP contribution in [0.25, 0.3) is 11.3 Å². The molecular formula is C13H15ClFN3. The smallest absolute Gasteiger partial charge is 0.134 e. The summed E-state index contributed by atoms with van der Waals surface area (Å²) in [5.41, 5.74) is 2.08. The number of aromatic amines is 1. The summed E-state index contributed by atoms with van der Waals surface area (Å²) in [4.78, 5) is 7.47. The Kier molecular flexibility index (Phi) is 3.99. The molecule has 2 rings (SSSR count). The maximum absolute atomic E-state index is 13.2. The minimum Gasteiger partial charge on any atom is -0.332 e. The number of aromatic nitrogens is 2. The normalized spacial score (nSPS) is 10.9. The van der Waals surface area contributed by atoms with Gasteiger partial charge in [0, 0.05) is 18.5 Å². The Morgan fingerprint density at radius 3 is 2.89 bits per heavy atom. The molecule has 0 aliphatic heterocycles. The number of imidazole rings is 1. The second kappa shape index (κ2) is 5.50. The van der Waals surface area contributed by atoms with Gasteiger partial charge in [-0.2, -0.15) is 0 Å². The lowest BCUT2D eigenvalue weighted by atomic mass is 10.1. The molecule has 2 aromatic rings. The van der Waals surface area contributed by atoms with Gasteiger partial charge >= 0.3 is 0 Å². The topological polar surface area (TPSA) is 40.7 Å². The van der Waals surface area contributed by atoms with Crippen LogP contribution >= 0.6 is 11.6 Å². The number of aryl methyl sites for hydroxylation is 1. The van der Waals surface area contributed by atoms with E-state index in [1.54, 1.807) is 19.1 Å². The molecule has 0 saturated heterocycles.